The van der Waals surface area contributed by atoms with Crippen molar-refractivity contribution in [2.45, 2.75) is 70.9 Å². The van der Waals surface area contributed by atoms with E-state index in [1.165, 1.54) is 55.4 Å². The molecule has 0 atom stereocenters. The average Bonchev–Trinajstić information content (AvgIpc) is 3.02. The first-order valence-electron chi connectivity index (χ1n) is 9.38. The lowest BCUT2D eigenvalue weighted by Crippen LogP contribution is -2.37. The van der Waals surface area contributed by atoms with Crippen LogP contribution in [0.5, 0.6) is 0 Å². The van der Waals surface area contributed by atoms with Crippen molar-refractivity contribution in [3.63, 3.8) is 0 Å². The van der Waals surface area contributed by atoms with Gasteiger partial charge in [0.15, 0.2) is 5.96 Å². The molecule has 1 heterocycles. The zero-order chi connectivity index (χ0) is 17.0. The van der Waals surface area contributed by atoms with E-state index in [0.29, 0.717) is 6.10 Å². The second kappa shape index (κ2) is 11.5. The van der Waals surface area contributed by atoms with Crippen molar-refractivity contribution in [3.8, 4) is 0 Å². The van der Waals surface area contributed by atoms with E-state index in [9.17, 15) is 0 Å². The Kier molecular flexibility index (Phi) is 9.21. The van der Waals surface area contributed by atoms with Crippen LogP contribution < -0.4 is 10.6 Å². The van der Waals surface area contributed by atoms with Gasteiger partial charge in [-0.15, -0.1) is 11.3 Å². The van der Waals surface area contributed by atoms with E-state index in [1.54, 1.807) is 11.3 Å². The van der Waals surface area contributed by atoms with Crippen molar-refractivity contribution in [3.05, 3.63) is 21.9 Å². The third-order valence-corrected chi connectivity index (χ3v) is 5.65. The molecule has 1 aliphatic rings. The number of ether oxygens (including phenoxy) is 1. The molecule has 0 amide bonds. The van der Waals surface area contributed by atoms with Crippen LogP contribution in [0, 0.1) is 6.92 Å². The Balaban J connectivity index is 1.47. The van der Waals surface area contributed by atoms with Gasteiger partial charge in [-0.1, -0.05) is 19.3 Å². The highest BCUT2D eigenvalue weighted by Crippen LogP contribution is 2.20. The lowest BCUT2D eigenvalue weighted by Gasteiger charge is -2.21. The predicted molar refractivity (Wildman–Crippen MR) is 104 cm³/mol. The third kappa shape index (κ3) is 7.22. The van der Waals surface area contributed by atoms with Gasteiger partial charge >= 0.3 is 0 Å². The number of aryl methyl sites for hydroxylation is 1. The van der Waals surface area contributed by atoms with Gasteiger partial charge in [-0.3, -0.25) is 4.99 Å². The van der Waals surface area contributed by atoms with Crippen LogP contribution in [0.25, 0.3) is 0 Å². The molecule has 0 radical (unpaired) electrons. The van der Waals surface area contributed by atoms with Gasteiger partial charge < -0.3 is 15.4 Å². The van der Waals surface area contributed by atoms with E-state index in [1.807, 2.05) is 7.05 Å². The van der Waals surface area contributed by atoms with Crippen molar-refractivity contribution >= 4 is 17.3 Å². The minimum Gasteiger partial charge on any atom is -0.378 e. The number of aliphatic imine (C=N–C) groups is 1. The molecule has 2 N–H and O–H groups in total. The zero-order valence-corrected chi connectivity index (χ0v) is 16.1. The molecule has 1 aromatic heterocycles. The zero-order valence-electron chi connectivity index (χ0n) is 15.3. The Labute approximate surface area is 151 Å². The first-order valence-corrected chi connectivity index (χ1v) is 10.3. The average molecular weight is 352 g/mol. The van der Waals surface area contributed by atoms with Gasteiger partial charge in [-0.25, -0.2) is 0 Å². The molecule has 136 valence electrons. The summed E-state index contributed by atoms with van der Waals surface area (Å²) in [6, 6.07) is 2.16. The van der Waals surface area contributed by atoms with Crippen LogP contribution in [-0.2, 0) is 11.3 Å². The summed E-state index contributed by atoms with van der Waals surface area (Å²) < 4.78 is 5.97. The molecular weight excluding hydrogens is 318 g/mol. The van der Waals surface area contributed by atoms with Crippen LogP contribution in [0.2, 0.25) is 0 Å². The normalized spacial score (nSPS) is 16.3. The summed E-state index contributed by atoms with van der Waals surface area (Å²) >= 11 is 1.79. The highest BCUT2D eigenvalue weighted by atomic mass is 32.1. The molecular formula is C19H33N3OS. The molecule has 2 rings (SSSR count). The number of hydrogen-bond acceptors (Lipinski definition) is 3. The molecule has 0 bridgehead atoms. The van der Waals surface area contributed by atoms with Crippen molar-refractivity contribution in [2.75, 3.05) is 20.2 Å². The van der Waals surface area contributed by atoms with Crippen molar-refractivity contribution in [1.82, 2.24) is 10.6 Å². The van der Waals surface area contributed by atoms with Crippen LogP contribution in [0.3, 0.4) is 0 Å². The van der Waals surface area contributed by atoms with Crippen molar-refractivity contribution < 1.29 is 4.74 Å². The van der Waals surface area contributed by atoms with Gasteiger partial charge in [0.1, 0.15) is 0 Å². The Morgan fingerprint density at radius 1 is 1.21 bits per heavy atom. The number of unbranched alkanes of at least 4 members (excludes halogenated alkanes) is 2. The summed E-state index contributed by atoms with van der Waals surface area (Å²) in [5, 5.41) is 8.91. The van der Waals surface area contributed by atoms with Gasteiger partial charge in [-0.2, -0.15) is 0 Å². The van der Waals surface area contributed by atoms with Gasteiger partial charge in [0.25, 0.3) is 0 Å². The van der Waals surface area contributed by atoms with Gasteiger partial charge in [-0.05, 0) is 56.0 Å². The van der Waals surface area contributed by atoms with Gasteiger partial charge in [0.05, 0.1) is 12.6 Å². The van der Waals surface area contributed by atoms with E-state index in [-0.39, 0.29) is 0 Å². The molecule has 1 aromatic rings. The summed E-state index contributed by atoms with van der Waals surface area (Å²) in [4.78, 5) is 5.66. The lowest BCUT2D eigenvalue weighted by molar-refractivity contribution is 0.0264. The molecule has 0 unspecified atom stereocenters. The fraction of sp³-hybridized carbons (Fsp3) is 0.737. The third-order valence-electron chi connectivity index (χ3n) is 4.63. The minimum atomic E-state index is 0.542. The number of nitrogens with one attached hydrogen (secondary N) is 2. The van der Waals surface area contributed by atoms with E-state index in [2.05, 4.69) is 34.0 Å². The lowest BCUT2D eigenvalue weighted by atomic mass is 9.98. The van der Waals surface area contributed by atoms with Crippen LogP contribution in [-0.4, -0.2) is 32.3 Å². The molecule has 4 nitrogen and oxygen atoms in total. The van der Waals surface area contributed by atoms with Crippen LogP contribution in [0.1, 0.15) is 61.8 Å². The SMILES string of the molecule is CN=C(NCCCCCOC1CCCCC1)NCc1sccc1C. The summed E-state index contributed by atoms with van der Waals surface area (Å²) in [5.41, 5.74) is 1.35. The van der Waals surface area contributed by atoms with Gasteiger partial charge in [0, 0.05) is 25.1 Å². The van der Waals surface area contributed by atoms with E-state index in [4.69, 9.17) is 4.74 Å². The fourth-order valence-electron chi connectivity index (χ4n) is 3.06. The minimum absolute atomic E-state index is 0.542. The van der Waals surface area contributed by atoms with E-state index >= 15 is 0 Å². The molecule has 0 saturated heterocycles. The standard InChI is InChI=1S/C19H33N3OS/c1-16-11-14-24-18(16)15-22-19(20-2)21-12-7-4-8-13-23-17-9-5-3-6-10-17/h11,14,17H,3-10,12-13,15H2,1-2H3,(H2,20,21,22). The van der Waals surface area contributed by atoms with Crippen LogP contribution >= 0.6 is 11.3 Å². The fourth-order valence-corrected chi connectivity index (χ4v) is 3.91. The predicted octanol–water partition coefficient (Wildman–Crippen LogP) is 4.24. The molecule has 1 saturated carbocycles. The quantitative estimate of drug-likeness (QED) is 0.397. The van der Waals surface area contributed by atoms with Crippen molar-refractivity contribution in [1.29, 1.82) is 0 Å². The number of thiophene rings is 1. The monoisotopic (exact) mass is 351 g/mol. The molecule has 1 aliphatic carbocycles. The molecule has 0 spiro atoms. The maximum atomic E-state index is 5.97. The Morgan fingerprint density at radius 3 is 2.75 bits per heavy atom. The van der Waals surface area contributed by atoms with E-state index in [0.717, 1.165) is 32.1 Å². The second-order valence-corrected chi connectivity index (χ2v) is 7.57. The van der Waals surface area contributed by atoms with Crippen molar-refractivity contribution in [2.24, 2.45) is 4.99 Å². The maximum Gasteiger partial charge on any atom is 0.191 e. The molecule has 0 aromatic carbocycles. The summed E-state index contributed by atoms with van der Waals surface area (Å²) in [7, 11) is 1.83. The summed E-state index contributed by atoms with van der Waals surface area (Å²) in [6.45, 7) is 4.89. The molecule has 24 heavy (non-hydrogen) atoms. The topological polar surface area (TPSA) is 45.7 Å². The first-order chi connectivity index (χ1) is 11.8. The van der Waals surface area contributed by atoms with E-state index < -0.39 is 0 Å². The Hall–Kier alpha value is -1.07. The first kappa shape index (κ1) is 19.3. The number of hydrogen-bond donors (Lipinski definition) is 2. The Morgan fingerprint density at radius 2 is 2.04 bits per heavy atom. The summed E-state index contributed by atoms with van der Waals surface area (Å²) in [5.74, 6) is 0.890. The highest BCUT2D eigenvalue weighted by Gasteiger charge is 2.12. The number of guanidine groups is 1. The second-order valence-electron chi connectivity index (χ2n) is 6.57. The molecule has 1 fully saturated rings. The highest BCUT2D eigenvalue weighted by molar-refractivity contribution is 7.10. The number of nitrogens with zero attached hydrogens (tertiary/aromatic N) is 1. The molecule has 5 heteroatoms. The number of rotatable bonds is 9. The van der Waals surface area contributed by atoms with Crippen LogP contribution in [0.15, 0.2) is 16.4 Å². The largest absolute Gasteiger partial charge is 0.378 e. The van der Waals surface area contributed by atoms with Gasteiger partial charge in [0.2, 0.25) is 0 Å². The van der Waals surface area contributed by atoms with Crippen LogP contribution in [0.4, 0.5) is 0 Å². The summed E-state index contributed by atoms with van der Waals surface area (Å²) in [6.07, 6.45) is 10.7. The maximum absolute atomic E-state index is 5.97. The smallest absolute Gasteiger partial charge is 0.191 e. The molecule has 0 aliphatic heterocycles. The Bertz CT molecular complexity index is 481.